The van der Waals surface area contributed by atoms with Gasteiger partial charge in [0, 0.05) is 30.9 Å². The molecule has 0 amide bonds. The van der Waals surface area contributed by atoms with E-state index in [0.29, 0.717) is 25.5 Å². The van der Waals surface area contributed by atoms with Crippen molar-refractivity contribution in [3.05, 3.63) is 41.1 Å². The molecular formula is C19H23F3N4O2. The molecule has 0 spiro atoms. The molecule has 0 radical (unpaired) electrons. The highest BCUT2D eigenvalue weighted by Crippen LogP contribution is 2.29. The number of hydrogen-bond donors (Lipinski definition) is 2. The van der Waals surface area contributed by atoms with E-state index in [1.165, 1.54) is 12.1 Å². The van der Waals surface area contributed by atoms with Crippen LogP contribution in [0, 0.1) is 0 Å². The fourth-order valence-electron chi connectivity index (χ4n) is 3.08. The van der Waals surface area contributed by atoms with Crippen molar-refractivity contribution in [1.29, 1.82) is 0 Å². The first kappa shape index (κ1) is 20.2. The molecule has 1 atom stereocenters. The second-order valence-electron chi connectivity index (χ2n) is 6.77. The number of ether oxygens (including phenoxy) is 1. The van der Waals surface area contributed by atoms with E-state index in [1.54, 1.807) is 6.07 Å². The number of anilines is 2. The molecule has 6 nitrogen and oxygen atoms in total. The van der Waals surface area contributed by atoms with Gasteiger partial charge in [-0.2, -0.15) is 4.98 Å². The Labute approximate surface area is 161 Å². The van der Waals surface area contributed by atoms with Gasteiger partial charge in [-0.3, -0.25) is 0 Å². The Bertz CT molecular complexity index is 829. The van der Waals surface area contributed by atoms with Crippen molar-refractivity contribution in [1.82, 2.24) is 9.97 Å². The summed E-state index contributed by atoms with van der Waals surface area (Å²) in [5, 5.41) is 12.3. The third-order valence-corrected chi connectivity index (χ3v) is 4.52. The lowest BCUT2D eigenvalue weighted by atomic mass is 9.99. The average Bonchev–Trinajstić information content (AvgIpc) is 2.65. The molecule has 2 heterocycles. The molecule has 2 aromatic rings. The van der Waals surface area contributed by atoms with E-state index < -0.39 is 6.36 Å². The van der Waals surface area contributed by atoms with Crippen LogP contribution in [0.5, 0.6) is 5.75 Å². The number of alkyl halides is 3. The summed E-state index contributed by atoms with van der Waals surface area (Å²) in [7, 11) is 0. The highest BCUT2D eigenvalue weighted by molar-refractivity contribution is 5.49. The van der Waals surface area contributed by atoms with Gasteiger partial charge in [0.25, 0.3) is 0 Å². The van der Waals surface area contributed by atoms with Crippen molar-refractivity contribution in [2.75, 3.05) is 23.4 Å². The number of nitrogens with zero attached hydrogens (tertiary/aromatic N) is 3. The summed E-state index contributed by atoms with van der Waals surface area (Å²) < 4.78 is 41.3. The van der Waals surface area contributed by atoms with E-state index in [0.717, 1.165) is 29.1 Å². The van der Waals surface area contributed by atoms with Crippen LogP contribution in [0.1, 0.15) is 30.7 Å². The smallest absolute Gasteiger partial charge is 0.406 e. The molecule has 0 fully saturated rings. The molecule has 0 bridgehead atoms. The molecule has 2 N–H and O–H groups in total. The van der Waals surface area contributed by atoms with Crippen LogP contribution < -0.4 is 15.0 Å². The number of fused-ring (bicyclic) bond motifs is 1. The Kier molecular flexibility index (Phi) is 5.93. The molecule has 1 aromatic heterocycles. The molecule has 1 aromatic carbocycles. The first-order valence-electron chi connectivity index (χ1n) is 9.15. The zero-order chi connectivity index (χ0) is 20.3. The molecule has 9 heteroatoms. The summed E-state index contributed by atoms with van der Waals surface area (Å²) in [6.07, 6.45) is -3.37. The van der Waals surface area contributed by atoms with Crippen molar-refractivity contribution >= 4 is 11.8 Å². The number of aliphatic hydroxyl groups is 1. The normalized spacial score (nSPS) is 15.1. The number of hydrogen-bond acceptors (Lipinski definition) is 6. The first-order chi connectivity index (χ1) is 13.3. The van der Waals surface area contributed by atoms with Gasteiger partial charge in [-0.05, 0) is 43.0 Å². The van der Waals surface area contributed by atoms with Crippen LogP contribution in [0.4, 0.5) is 24.9 Å². The predicted octanol–water partition coefficient (Wildman–Crippen LogP) is 3.29. The second kappa shape index (κ2) is 8.22. The summed E-state index contributed by atoms with van der Waals surface area (Å²) in [5.74, 6) is 1.01. The molecule has 28 heavy (non-hydrogen) atoms. The number of halogens is 3. The molecule has 0 unspecified atom stereocenters. The molecule has 152 valence electrons. The van der Waals surface area contributed by atoms with Gasteiger partial charge in [-0.25, -0.2) is 4.98 Å². The van der Waals surface area contributed by atoms with Crippen LogP contribution >= 0.6 is 0 Å². The zero-order valence-corrected chi connectivity index (χ0v) is 15.8. The van der Waals surface area contributed by atoms with Crippen molar-refractivity contribution in [2.45, 2.75) is 45.6 Å². The maximum atomic E-state index is 12.4. The van der Waals surface area contributed by atoms with Gasteiger partial charge in [0.15, 0.2) is 0 Å². The van der Waals surface area contributed by atoms with E-state index in [-0.39, 0.29) is 18.4 Å². The molecular weight excluding hydrogens is 373 g/mol. The van der Waals surface area contributed by atoms with E-state index in [2.05, 4.69) is 24.9 Å². The molecule has 0 aliphatic carbocycles. The largest absolute Gasteiger partial charge is 0.573 e. The van der Waals surface area contributed by atoms with Gasteiger partial charge in [-0.1, -0.05) is 13.0 Å². The molecule has 1 aliphatic heterocycles. The van der Waals surface area contributed by atoms with Crippen LogP contribution in [0.2, 0.25) is 0 Å². The van der Waals surface area contributed by atoms with Crippen LogP contribution in [0.15, 0.2) is 24.3 Å². The molecule has 1 aliphatic rings. The van der Waals surface area contributed by atoms with E-state index in [4.69, 9.17) is 0 Å². The summed E-state index contributed by atoms with van der Waals surface area (Å²) in [4.78, 5) is 11.1. The van der Waals surface area contributed by atoms with E-state index in [1.807, 2.05) is 19.9 Å². The topological polar surface area (TPSA) is 70.5 Å². The van der Waals surface area contributed by atoms with E-state index in [9.17, 15) is 18.3 Å². The first-order valence-corrected chi connectivity index (χ1v) is 9.15. The van der Waals surface area contributed by atoms with Crippen molar-refractivity contribution in [3.8, 4) is 5.75 Å². The van der Waals surface area contributed by atoms with Gasteiger partial charge in [0.1, 0.15) is 11.6 Å². The lowest BCUT2D eigenvalue weighted by molar-refractivity contribution is -0.274. The monoisotopic (exact) mass is 396 g/mol. The Hall–Kier alpha value is -2.55. The standard InChI is InChI=1S/C19H23F3N4O2/c1-3-15-9-17(25-18(24-15)23-12(2)11-27)26-7-6-13-8-16(28-19(20,21)22)5-4-14(13)10-26/h4-5,8-9,12,27H,3,6-7,10-11H2,1-2H3,(H,23,24,25)/t12-/m0/s1. The Morgan fingerprint density at radius 2 is 2.04 bits per heavy atom. The number of nitrogens with one attached hydrogen (secondary N) is 1. The summed E-state index contributed by atoms with van der Waals surface area (Å²) in [6.45, 7) is 4.96. The van der Waals surface area contributed by atoms with Crippen LogP contribution in [0.3, 0.4) is 0 Å². The lowest BCUT2D eigenvalue weighted by Gasteiger charge is -2.30. The Morgan fingerprint density at radius 3 is 2.71 bits per heavy atom. The van der Waals surface area contributed by atoms with Crippen LogP contribution in [-0.2, 0) is 19.4 Å². The van der Waals surface area contributed by atoms with Gasteiger partial charge >= 0.3 is 6.36 Å². The van der Waals surface area contributed by atoms with E-state index >= 15 is 0 Å². The lowest BCUT2D eigenvalue weighted by Crippen LogP contribution is -2.32. The zero-order valence-electron chi connectivity index (χ0n) is 15.8. The fraction of sp³-hybridized carbons (Fsp3) is 0.474. The van der Waals surface area contributed by atoms with Crippen LogP contribution in [0.25, 0.3) is 0 Å². The minimum Gasteiger partial charge on any atom is -0.406 e. The van der Waals surface area contributed by atoms with Gasteiger partial charge in [0.05, 0.1) is 6.61 Å². The minimum atomic E-state index is -4.69. The molecule has 0 saturated carbocycles. The maximum absolute atomic E-state index is 12.4. The number of rotatable bonds is 6. The quantitative estimate of drug-likeness (QED) is 0.781. The average molecular weight is 396 g/mol. The summed E-state index contributed by atoms with van der Waals surface area (Å²) in [5.41, 5.74) is 2.66. The number of aryl methyl sites for hydroxylation is 1. The summed E-state index contributed by atoms with van der Waals surface area (Å²) in [6, 6.07) is 6.20. The highest BCUT2D eigenvalue weighted by atomic mass is 19.4. The van der Waals surface area contributed by atoms with Crippen molar-refractivity contribution < 1.29 is 23.0 Å². The number of aromatic nitrogens is 2. The maximum Gasteiger partial charge on any atom is 0.573 e. The highest BCUT2D eigenvalue weighted by Gasteiger charge is 2.31. The molecule has 0 saturated heterocycles. The van der Waals surface area contributed by atoms with Gasteiger partial charge in [-0.15, -0.1) is 13.2 Å². The second-order valence-corrected chi connectivity index (χ2v) is 6.77. The minimum absolute atomic E-state index is 0.0333. The Balaban J connectivity index is 1.80. The van der Waals surface area contributed by atoms with Gasteiger partial charge < -0.3 is 20.1 Å². The predicted molar refractivity (Wildman–Crippen MR) is 99.5 cm³/mol. The molecule has 3 rings (SSSR count). The summed E-state index contributed by atoms with van der Waals surface area (Å²) >= 11 is 0. The number of aliphatic hydroxyl groups excluding tert-OH is 1. The third kappa shape index (κ3) is 5.03. The van der Waals surface area contributed by atoms with Crippen LogP contribution in [-0.4, -0.2) is 40.6 Å². The van der Waals surface area contributed by atoms with Gasteiger partial charge in [0.2, 0.25) is 5.95 Å². The number of benzene rings is 1. The third-order valence-electron chi connectivity index (χ3n) is 4.52. The SMILES string of the molecule is CCc1cc(N2CCc3cc(OC(F)(F)F)ccc3C2)nc(N[C@@H](C)CO)n1. The van der Waals surface area contributed by atoms with Crippen molar-refractivity contribution in [3.63, 3.8) is 0 Å². The fourth-order valence-corrected chi connectivity index (χ4v) is 3.08. The Morgan fingerprint density at radius 1 is 1.25 bits per heavy atom. The van der Waals surface area contributed by atoms with Crippen molar-refractivity contribution in [2.24, 2.45) is 0 Å².